The summed E-state index contributed by atoms with van der Waals surface area (Å²) in [6.45, 7) is 6.85. The standard InChI is InChI=1S/C13H25F2N3O5.2C2H6/c1-21-8-6(17)4-7(9(22-2)10(8)23-3)18-12(20)11(19)13(14,15)5-16;2*1-2/h6-11,19H,4-5,16-17H2,1-3H3,(H,18,20);2*1-2H3/t6-,7+,8+,9?,10-,11?;;/m0../s1. The number of alkyl halides is 2. The lowest BCUT2D eigenvalue weighted by molar-refractivity contribution is -0.163. The van der Waals surface area contributed by atoms with E-state index in [1.165, 1.54) is 21.3 Å². The van der Waals surface area contributed by atoms with Crippen LogP contribution < -0.4 is 16.8 Å². The van der Waals surface area contributed by atoms with Crippen LogP contribution in [0.25, 0.3) is 0 Å². The van der Waals surface area contributed by atoms with E-state index in [4.69, 9.17) is 25.7 Å². The van der Waals surface area contributed by atoms with Crippen molar-refractivity contribution in [1.82, 2.24) is 5.32 Å². The number of methoxy groups -OCH3 is 3. The van der Waals surface area contributed by atoms with E-state index < -0.39 is 54.9 Å². The first-order valence-corrected chi connectivity index (χ1v) is 9.13. The maximum Gasteiger partial charge on any atom is 0.294 e. The van der Waals surface area contributed by atoms with Crippen LogP contribution in [0.1, 0.15) is 34.1 Å². The van der Waals surface area contributed by atoms with Gasteiger partial charge in [-0.3, -0.25) is 4.79 Å². The van der Waals surface area contributed by atoms with Crippen LogP contribution in [0.2, 0.25) is 0 Å². The third-order valence-corrected chi connectivity index (χ3v) is 4.06. The van der Waals surface area contributed by atoms with Gasteiger partial charge in [0, 0.05) is 27.4 Å². The van der Waals surface area contributed by atoms with Gasteiger partial charge in [-0.05, 0) is 6.42 Å². The zero-order chi connectivity index (χ0) is 21.8. The van der Waals surface area contributed by atoms with Gasteiger partial charge >= 0.3 is 0 Å². The smallest absolute Gasteiger partial charge is 0.294 e. The van der Waals surface area contributed by atoms with Crippen molar-refractivity contribution < 1.29 is 32.9 Å². The number of hydrogen-bond acceptors (Lipinski definition) is 7. The summed E-state index contributed by atoms with van der Waals surface area (Å²) < 4.78 is 42.6. The van der Waals surface area contributed by atoms with Gasteiger partial charge < -0.3 is 36.1 Å². The Morgan fingerprint density at radius 2 is 1.56 bits per heavy atom. The lowest BCUT2D eigenvalue weighted by Gasteiger charge is -2.44. The largest absolute Gasteiger partial charge is 0.378 e. The topological polar surface area (TPSA) is 129 Å². The molecule has 0 aromatic heterocycles. The van der Waals surface area contributed by atoms with Crippen molar-refractivity contribution in [3.8, 4) is 0 Å². The average Bonchev–Trinajstić information content (AvgIpc) is 2.69. The molecule has 1 fully saturated rings. The fourth-order valence-corrected chi connectivity index (χ4v) is 2.80. The number of hydrogen-bond donors (Lipinski definition) is 4. The number of ether oxygens (including phenoxy) is 3. The molecule has 0 saturated heterocycles. The Morgan fingerprint density at radius 1 is 1.11 bits per heavy atom. The zero-order valence-electron chi connectivity index (χ0n) is 17.4. The summed E-state index contributed by atoms with van der Waals surface area (Å²) >= 11 is 0. The van der Waals surface area contributed by atoms with Gasteiger partial charge in [0.05, 0.1) is 12.6 Å². The fraction of sp³-hybridized carbons (Fsp3) is 0.941. The van der Waals surface area contributed by atoms with Gasteiger partial charge in [0.2, 0.25) is 0 Å². The van der Waals surface area contributed by atoms with Crippen molar-refractivity contribution in [1.29, 1.82) is 0 Å². The molecule has 6 atom stereocenters. The van der Waals surface area contributed by atoms with Crippen LogP contribution >= 0.6 is 0 Å². The van der Waals surface area contributed by atoms with Gasteiger partial charge in [-0.2, -0.15) is 0 Å². The predicted molar refractivity (Wildman–Crippen MR) is 99.6 cm³/mol. The molecular weight excluding hydrogens is 364 g/mol. The van der Waals surface area contributed by atoms with Crippen LogP contribution in [-0.2, 0) is 19.0 Å². The highest BCUT2D eigenvalue weighted by molar-refractivity contribution is 5.82. The van der Waals surface area contributed by atoms with E-state index >= 15 is 0 Å². The van der Waals surface area contributed by atoms with Crippen molar-refractivity contribution in [2.75, 3.05) is 27.9 Å². The first kappa shape index (κ1) is 28.3. The van der Waals surface area contributed by atoms with E-state index in [0.717, 1.165) is 0 Å². The van der Waals surface area contributed by atoms with Crippen LogP contribution in [0.3, 0.4) is 0 Å². The second-order valence-corrected chi connectivity index (χ2v) is 5.48. The van der Waals surface area contributed by atoms with E-state index in [0.29, 0.717) is 0 Å². The molecule has 0 spiro atoms. The number of nitrogens with two attached hydrogens (primary N) is 2. The monoisotopic (exact) mass is 401 g/mol. The summed E-state index contributed by atoms with van der Waals surface area (Å²) in [4.78, 5) is 11.9. The van der Waals surface area contributed by atoms with E-state index in [-0.39, 0.29) is 6.42 Å². The summed E-state index contributed by atoms with van der Waals surface area (Å²) in [5.74, 6) is -4.97. The number of rotatable bonds is 7. The summed E-state index contributed by atoms with van der Waals surface area (Å²) in [7, 11) is 4.29. The van der Waals surface area contributed by atoms with Crippen molar-refractivity contribution in [3.05, 3.63) is 0 Å². The summed E-state index contributed by atoms with van der Waals surface area (Å²) in [5.41, 5.74) is 10.8. The number of carbonyl (C=O) groups is 1. The molecule has 164 valence electrons. The molecule has 1 aliphatic rings. The van der Waals surface area contributed by atoms with Gasteiger partial charge in [0.1, 0.15) is 18.3 Å². The third kappa shape index (κ3) is 7.55. The minimum Gasteiger partial charge on any atom is -0.378 e. The highest BCUT2D eigenvalue weighted by Crippen LogP contribution is 2.26. The Bertz CT molecular complexity index is 405. The first-order chi connectivity index (χ1) is 12.7. The Balaban J connectivity index is 0. The highest BCUT2D eigenvalue weighted by Gasteiger charge is 2.48. The minimum atomic E-state index is -3.72. The Kier molecular flexibility index (Phi) is 14.8. The van der Waals surface area contributed by atoms with Crippen molar-refractivity contribution in [2.45, 2.75) is 76.5 Å². The molecular formula is C17H37F2N3O5. The molecule has 1 saturated carbocycles. The van der Waals surface area contributed by atoms with E-state index in [1.807, 2.05) is 27.7 Å². The number of carbonyl (C=O) groups excluding carboxylic acids is 1. The van der Waals surface area contributed by atoms with Crippen molar-refractivity contribution >= 4 is 5.91 Å². The lowest BCUT2D eigenvalue weighted by atomic mass is 9.83. The van der Waals surface area contributed by atoms with Crippen LogP contribution in [0.15, 0.2) is 0 Å². The van der Waals surface area contributed by atoms with Gasteiger partial charge in [-0.1, -0.05) is 27.7 Å². The maximum atomic E-state index is 13.3. The number of nitrogens with one attached hydrogen (secondary N) is 1. The van der Waals surface area contributed by atoms with Gasteiger partial charge in [-0.25, -0.2) is 8.78 Å². The number of amides is 1. The Labute approximate surface area is 160 Å². The second-order valence-electron chi connectivity index (χ2n) is 5.48. The van der Waals surface area contributed by atoms with E-state index in [2.05, 4.69) is 5.32 Å². The Hall–Kier alpha value is -0.910. The normalized spacial score (nSPS) is 28.8. The third-order valence-electron chi connectivity index (χ3n) is 4.06. The molecule has 27 heavy (non-hydrogen) atoms. The number of aliphatic hydroxyl groups is 1. The first-order valence-electron chi connectivity index (χ1n) is 9.13. The van der Waals surface area contributed by atoms with Gasteiger partial charge in [0.25, 0.3) is 11.8 Å². The molecule has 0 aromatic carbocycles. The summed E-state index contributed by atoms with van der Waals surface area (Å²) in [6, 6.07) is -1.23. The van der Waals surface area contributed by atoms with Gasteiger partial charge in [-0.15, -0.1) is 0 Å². The molecule has 1 amide bonds. The van der Waals surface area contributed by atoms with Crippen LogP contribution in [0.5, 0.6) is 0 Å². The molecule has 8 nitrogen and oxygen atoms in total. The molecule has 10 heteroatoms. The molecule has 0 radical (unpaired) electrons. The van der Waals surface area contributed by atoms with E-state index in [1.54, 1.807) is 0 Å². The number of halogens is 2. The van der Waals surface area contributed by atoms with Gasteiger partial charge in [0.15, 0.2) is 6.10 Å². The van der Waals surface area contributed by atoms with Crippen LogP contribution in [-0.4, -0.2) is 81.3 Å². The summed E-state index contributed by atoms with van der Waals surface area (Å²) in [5, 5.41) is 11.8. The molecule has 0 aromatic rings. The van der Waals surface area contributed by atoms with E-state index in [9.17, 15) is 18.7 Å². The van der Waals surface area contributed by atoms with Crippen molar-refractivity contribution in [3.63, 3.8) is 0 Å². The lowest BCUT2D eigenvalue weighted by Crippen LogP contribution is -2.65. The molecule has 6 N–H and O–H groups in total. The number of aliphatic hydroxyl groups excluding tert-OH is 1. The molecule has 0 aliphatic heterocycles. The maximum absolute atomic E-state index is 13.3. The quantitative estimate of drug-likeness (QED) is 0.481. The van der Waals surface area contributed by atoms with Crippen LogP contribution in [0.4, 0.5) is 8.78 Å². The van der Waals surface area contributed by atoms with Crippen LogP contribution in [0, 0.1) is 0 Å². The SMILES string of the molecule is CC.CC.COC1[C@@H](OC)[C@H](OC)[C@@H](N)C[C@H]1NC(=O)C(O)C(F)(F)CN. The average molecular weight is 401 g/mol. The highest BCUT2D eigenvalue weighted by atomic mass is 19.3. The minimum absolute atomic E-state index is 0.212. The molecule has 2 unspecified atom stereocenters. The zero-order valence-corrected chi connectivity index (χ0v) is 17.4. The molecule has 1 rings (SSSR count). The Morgan fingerprint density at radius 3 is 1.93 bits per heavy atom. The molecule has 0 bridgehead atoms. The molecule has 0 heterocycles. The molecule has 1 aliphatic carbocycles. The fourth-order valence-electron chi connectivity index (χ4n) is 2.80. The van der Waals surface area contributed by atoms with Crippen molar-refractivity contribution in [2.24, 2.45) is 11.5 Å². The summed E-state index contributed by atoms with van der Waals surface area (Å²) in [6.07, 6.45) is -4.10. The predicted octanol–water partition coefficient (Wildman–Crippen LogP) is 0.255. The second kappa shape index (κ2) is 14.1.